The lowest BCUT2D eigenvalue weighted by atomic mass is 9.86. The number of fused-ring (bicyclic) bond motifs is 1. The van der Waals surface area contributed by atoms with Crippen LogP contribution < -0.4 is 4.90 Å². The summed E-state index contributed by atoms with van der Waals surface area (Å²) in [7, 11) is 0. The van der Waals surface area contributed by atoms with E-state index in [1.165, 1.54) is 0 Å². The molecule has 0 bridgehead atoms. The highest BCUT2D eigenvalue weighted by atomic mass is 16.5. The number of aromatic nitrogens is 1. The third-order valence-electron chi connectivity index (χ3n) is 5.27. The predicted octanol–water partition coefficient (Wildman–Crippen LogP) is 1.24. The summed E-state index contributed by atoms with van der Waals surface area (Å²) in [5.41, 5.74) is 2.47. The highest BCUT2D eigenvalue weighted by Crippen LogP contribution is 2.32. The van der Waals surface area contributed by atoms with Crippen molar-refractivity contribution in [1.29, 1.82) is 5.26 Å². The van der Waals surface area contributed by atoms with E-state index in [-0.39, 0.29) is 12.0 Å². The van der Waals surface area contributed by atoms with Gasteiger partial charge in [0, 0.05) is 44.3 Å². The standard InChI is InChI=1S/C19H22N4O2/c20-9-15-10-21-17-4-2-1-3-16(17)18(15)23-7-5-22(6-8-23)11-19(12-24)13-25-14-19/h1-4,10,24H,5-8,11-14H2. The lowest BCUT2D eigenvalue weighted by Crippen LogP contribution is -2.57. The molecule has 25 heavy (non-hydrogen) atoms. The van der Waals surface area contributed by atoms with E-state index in [1.54, 1.807) is 6.20 Å². The summed E-state index contributed by atoms with van der Waals surface area (Å²) in [5, 5.41) is 20.2. The summed E-state index contributed by atoms with van der Waals surface area (Å²) >= 11 is 0. The lowest BCUT2D eigenvalue weighted by Gasteiger charge is -2.45. The van der Waals surface area contributed by atoms with Gasteiger partial charge in [0.15, 0.2) is 0 Å². The molecule has 2 aromatic rings. The quantitative estimate of drug-likeness (QED) is 0.904. The number of rotatable bonds is 4. The summed E-state index contributed by atoms with van der Waals surface area (Å²) in [4.78, 5) is 9.09. The minimum atomic E-state index is -0.0800. The van der Waals surface area contributed by atoms with Gasteiger partial charge in [-0.3, -0.25) is 9.88 Å². The number of nitriles is 1. The van der Waals surface area contributed by atoms with E-state index < -0.39 is 0 Å². The molecule has 0 atom stereocenters. The highest BCUT2D eigenvalue weighted by molar-refractivity contribution is 5.94. The summed E-state index contributed by atoms with van der Waals surface area (Å²) in [6, 6.07) is 10.3. The molecule has 1 N–H and O–H groups in total. The van der Waals surface area contributed by atoms with Crippen LogP contribution in [0.5, 0.6) is 0 Å². The zero-order chi connectivity index (χ0) is 17.3. The second kappa shape index (κ2) is 6.60. The number of piperazine rings is 1. The highest BCUT2D eigenvalue weighted by Gasteiger charge is 2.40. The molecule has 0 saturated carbocycles. The Hall–Kier alpha value is -2.20. The number of para-hydroxylation sites is 1. The predicted molar refractivity (Wildman–Crippen MR) is 95.4 cm³/mol. The van der Waals surface area contributed by atoms with Crippen LogP contribution in [-0.4, -0.2) is 67.5 Å². The largest absolute Gasteiger partial charge is 0.396 e. The van der Waals surface area contributed by atoms with Crippen molar-refractivity contribution in [3.8, 4) is 6.07 Å². The van der Waals surface area contributed by atoms with Crippen LogP contribution in [0.4, 0.5) is 5.69 Å². The average Bonchev–Trinajstić information content (AvgIpc) is 2.64. The maximum absolute atomic E-state index is 9.62. The van der Waals surface area contributed by atoms with Crippen molar-refractivity contribution in [2.45, 2.75) is 0 Å². The van der Waals surface area contributed by atoms with Gasteiger partial charge in [-0.25, -0.2) is 0 Å². The van der Waals surface area contributed by atoms with Gasteiger partial charge in [0.2, 0.25) is 0 Å². The molecule has 130 valence electrons. The van der Waals surface area contributed by atoms with E-state index in [0.717, 1.165) is 49.3 Å². The van der Waals surface area contributed by atoms with Gasteiger partial charge >= 0.3 is 0 Å². The third kappa shape index (κ3) is 2.95. The van der Waals surface area contributed by atoms with Gasteiger partial charge in [0.25, 0.3) is 0 Å². The molecule has 0 amide bonds. The van der Waals surface area contributed by atoms with Gasteiger partial charge in [-0.2, -0.15) is 5.26 Å². The number of ether oxygens (including phenoxy) is 1. The summed E-state index contributed by atoms with van der Waals surface area (Å²) < 4.78 is 5.30. The first-order chi connectivity index (χ1) is 12.2. The zero-order valence-corrected chi connectivity index (χ0v) is 14.2. The summed E-state index contributed by atoms with van der Waals surface area (Å²) in [5.74, 6) is 0. The Morgan fingerprint density at radius 3 is 2.60 bits per heavy atom. The molecule has 0 aliphatic carbocycles. The SMILES string of the molecule is N#Cc1cnc2ccccc2c1N1CCN(CC2(CO)COC2)CC1. The molecule has 1 aromatic carbocycles. The Labute approximate surface area is 147 Å². The minimum absolute atomic E-state index is 0.0800. The van der Waals surface area contributed by atoms with Gasteiger partial charge in [-0.15, -0.1) is 0 Å². The van der Waals surface area contributed by atoms with E-state index in [0.29, 0.717) is 18.8 Å². The molecule has 6 heteroatoms. The van der Waals surface area contributed by atoms with Crippen molar-refractivity contribution in [3.05, 3.63) is 36.0 Å². The van der Waals surface area contributed by atoms with Crippen molar-refractivity contribution in [3.63, 3.8) is 0 Å². The van der Waals surface area contributed by atoms with Crippen LogP contribution in [0.15, 0.2) is 30.5 Å². The first-order valence-electron chi connectivity index (χ1n) is 8.68. The molecule has 0 radical (unpaired) electrons. The molecular formula is C19H22N4O2. The second-order valence-corrected chi connectivity index (χ2v) is 7.06. The monoisotopic (exact) mass is 338 g/mol. The molecule has 0 unspecified atom stereocenters. The smallest absolute Gasteiger partial charge is 0.103 e. The molecule has 0 spiro atoms. The third-order valence-corrected chi connectivity index (χ3v) is 5.27. The minimum Gasteiger partial charge on any atom is -0.396 e. The molecule has 2 aliphatic rings. The van der Waals surface area contributed by atoms with E-state index >= 15 is 0 Å². The summed E-state index contributed by atoms with van der Waals surface area (Å²) in [6.45, 7) is 5.93. The van der Waals surface area contributed by atoms with Crippen LogP contribution in [0.2, 0.25) is 0 Å². The molecule has 2 aliphatic heterocycles. The van der Waals surface area contributed by atoms with E-state index in [9.17, 15) is 10.4 Å². The average molecular weight is 338 g/mol. The van der Waals surface area contributed by atoms with E-state index in [1.807, 2.05) is 24.3 Å². The molecule has 6 nitrogen and oxygen atoms in total. The van der Waals surface area contributed by atoms with Gasteiger partial charge in [-0.1, -0.05) is 18.2 Å². The van der Waals surface area contributed by atoms with Crippen LogP contribution in [-0.2, 0) is 4.74 Å². The van der Waals surface area contributed by atoms with Gasteiger partial charge in [-0.05, 0) is 6.07 Å². The maximum Gasteiger partial charge on any atom is 0.103 e. The van der Waals surface area contributed by atoms with E-state index in [2.05, 4.69) is 20.9 Å². The fourth-order valence-corrected chi connectivity index (χ4v) is 3.78. The molecular weight excluding hydrogens is 316 g/mol. The first-order valence-corrected chi connectivity index (χ1v) is 8.68. The number of nitrogens with zero attached hydrogens (tertiary/aromatic N) is 4. The van der Waals surface area contributed by atoms with Crippen molar-refractivity contribution < 1.29 is 9.84 Å². The second-order valence-electron chi connectivity index (χ2n) is 7.06. The number of benzene rings is 1. The van der Waals surface area contributed by atoms with Crippen molar-refractivity contribution in [2.24, 2.45) is 5.41 Å². The zero-order valence-electron chi connectivity index (χ0n) is 14.2. The molecule has 2 fully saturated rings. The summed E-state index contributed by atoms with van der Waals surface area (Å²) in [6.07, 6.45) is 1.68. The molecule has 1 aromatic heterocycles. The van der Waals surface area contributed by atoms with Crippen molar-refractivity contribution in [1.82, 2.24) is 9.88 Å². The molecule has 2 saturated heterocycles. The molecule has 4 rings (SSSR count). The Morgan fingerprint density at radius 1 is 1.20 bits per heavy atom. The molecule has 3 heterocycles. The fourth-order valence-electron chi connectivity index (χ4n) is 3.78. The van der Waals surface area contributed by atoms with Crippen LogP contribution in [0, 0.1) is 16.7 Å². The topological polar surface area (TPSA) is 72.6 Å². The van der Waals surface area contributed by atoms with Crippen LogP contribution >= 0.6 is 0 Å². The van der Waals surface area contributed by atoms with Gasteiger partial charge in [0.1, 0.15) is 6.07 Å². The van der Waals surface area contributed by atoms with Crippen LogP contribution in [0.1, 0.15) is 5.56 Å². The number of aliphatic hydroxyl groups is 1. The number of pyridine rings is 1. The first kappa shape index (κ1) is 16.3. The fraction of sp³-hybridized carbons (Fsp3) is 0.474. The Morgan fingerprint density at radius 2 is 1.96 bits per heavy atom. The van der Waals surface area contributed by atoms with Gasteiger partial charge < -0.3 is 14.7 Å². The number of aliphatic hydroxyl groups excluding tert-OH is 1. The van der Waals surface area contributed by atoms with Crippen LogP contribution in [0.25, 0.3) is 10.9 Å². The normalized spacial score (nSPS) is 20.2. The number of anilines is 1. The van der Waals surface area contributed by atoms with Crippen molar-refractivity contribution >= 4 is 16.6 Å². The van der Waals surface area contributed by atoms with Crippen LogP contribution in [0.3, 0.4) is 0 Å². The lowest BCUT2D eigenvalue weighted by molar-refractivity contribution is -0.148. The Balaban J connectivity index is 1.53. The Kier molecular flexibility index (Phi) is 4.30. The maximum atomic E-state index is 9.62. The van der Waals surface area contributed by atoms with Gasteiger partial charge in [0.05, 0.1) is 42.0 Å². The van der Waals surface area contributed by atoms with E-state index in [4.69, 9.17) is 4.74 Å². The number of hydrogen-bond donors (Lipinski definition) is 1. The Bertz CT molecular complexity index is 799. The van der Waals surface area contributed by atoms with Crippen molar-refractivity contribution in [2.75, 3.05) is 57.4 Å². The number of hydrogen-bond acceptors (Lipinski definition) is 6.